The molecular weight excluding hydrogens is 437 g/mol. The third-order valence-electron chi connectivity index (χ3n) is 5.60. The highest BCUT2D eigenvalue weighted by Gasteiger charge is 2.28. The number of hydrogen-bond acceptors (Lipinski definition) is 6. The predicted molar refractivity (Wildman–Crippen MR) is 113 cm³/mol. The minimum Gasteiger partial charge on any atom is -0.476 e. The Bertz CT molecular complexity index is 1350. The molecule has 2 aliphatic rings. The van der Waals surface area contributed by atoms with E-state index in [1.807, 2.05) is 17.7 Å². The van der Waals surface area contributed by atoms with Crippen molar-refractivity contribution in [1.29, 1.82) is 0 Å². The lowest BCUT2D eigenvalue weighted by Crippen LogP contribution is -2.35. The number of fused-ring (bicyclic) bond motifs is 8. The Balaban J connectivity index is 1.67. The minimum atomic E-state index is -4.52. The minimum absolute atomic E-state index is 0.0909. The number of sulfonamides is 1. The van der Waals surface area contributed by atoms with Crippen LogP contribution >= 0.6 is 0 Å². The molecule has 3 aromatic rings. The van der Waals surface area contributed by atoms with Gasteiger partial charge in [-0.2, -0.15) is 13.5 Å². The Hall–Kier alpha value is -3.47. The second kappa shape index (κ2) is 7.59. The van der Waals surface area contributed by atoms with Crippen LogP contribution < -0.4 is 14.8 Å². The van der Waals surface area contributed by atoms with Crippen molar-refractivity contribution in [1.82, 2.24) is 19.5 Å². The molecule has 0 saturated carbocycles. The highest BCUT2D eigenvalue weighted by Crippen LogP contribution is 2.40. The summed E-state index contributed by atoms with van der Waals surface area (Å²) in [6, 6.07) is 4.68. The van der Waals surface area contributed by atoms with E-state index in [1.165, 1.54) is 0 Å². The number of aromatic nitrogens is 3. The number of pyridine rings is 1. The van der Waals surface area contributed by atoms with Crippen LogP contribution in [0.15, 0.2) is 35.6 Å². The highest BCUT2D eigenvalue weighted by molar-refractivity contribution is 7.90. The van der Waals surface area contributed by atoms with E-state index >= 15 is 0 Å². The molecular formula is C21H20FN5O4S. The standard InChI is InChI=1S/C21H20FN5O4S/c1-12-9-13-3-2-4-15(13)19-18(12)14-5-6-23-17(10-14)31-8-7-27-11-16(22)20(25-27)32(29,30)26-21(28)24-19/h5-6,9-11H,2-4,7-8H2,1H3,(H2,24,26,28). The molecule has 1 aliphatic heterocycles. The summed E-state index contributed by atoms with van der Waals surface area (Å²) in [5.74, 6) is -0.706. The molecule has 3 heterocycles. The topological polar surface area (TPSA) is 115 Å². The Labute approximate surface area is 183 Å². The van der Waals surface area contributed by atoms with Gasteiger partial charge in [0.25, 0.3) is 10.0 Å². The number of carbonyl (C=O) groups excluding carboxylic acids is 1. The van der Waals surface area contributed by atoms with Crippen molar-refractivity contribution in [2.24, 2.45) is 0 Å². The summed E-state index contributed by atoms with van der Waals surface area (Å²) in [7, 11) is -4.52. The smallest absolute Gasteiger partial charge is 0.333 e. The Kier molecular flexibility index (Phi) is 4.85. The van der Waals surface area contributed by atoms with E-state index in [-0.39, 0.29) is 13.2 Å². The van der Waals surface area contributed by atoms with Gasteiger partial charge in [0.2, 0.25) is 10.9 Å². The van der Waals surface area contributed by atoms with Gasteiger partial charge in [-0.15, -0.1) is 0 Å². The van der Waals surface area contributed by atoms with Crippen LogP contribution in [-0.4, -0.2) is 35.8 Å². The number of nitrogens with zero attached hydrogens (tertiary/aromatic N) is 3. The first-order chi connectivity index (χ1) is 15.3. The van der Waals surface area contributed by atoms with Crippen LogP contribution in [0.4, 0.5) is 14.9 Å². The molecule has 1 aliphatic carbocycles. The molecule has 0 radical (unpaired) electrons. The fourth-order valence-corrected chi connectivity index (χ4v) is 5.19. The largest absolute Gasteiger partial charge is 0.476 e. The van der Waals surface area contributed by atoms with Gasteiger partial charge in [0.1, 0.15) is 6.61 Å². The van der Waals surface area contributed by atoms with Crippen LogP contribution in [-0.2, 0) is 29.4 Å². The van der Waals surface area contributed by atoms with Crippen molar-refractivity contribution < 1.29 is 22.3 Å². The maximum Gasteiger partial charge on any atom is 0.333 e. The Morgan fingerprint density at radius 2 is 2.09 bits per heavy atom. The Morgan fingerprint density at radius 3 is 2.94 bits per heavy atom. The maximum atomic E-state index is 14.3. The van der Waals surface area contributed by atoms with E-state index in [9.17, 15) is 17.6 Å². The number of ether oxygens (including phenoxy) is 1. The molecule has 9 nitrogen and oxygen atoms in total. The number of benzene rings is 1. The number of urea groups is 1. The van der Waals surface area contributed by atoms with Crippen molar-refractivity contribution in [2.75, 3.05) is 11.9 Å². The van der Waals surface area contributed by atoms with Crippen molar-refractivity contribution in [3.63, 3.8) is 0 Å². The Morgan fingerprint density at radius 1 is 1.25 bits per heavy atom. The number of carbonyl (C=O) groups is 1. The van der Waals surface area contributed by atoms with E-state index < -0.39 is 26.9 Å². The molecule has 2 amide bonds. The zero-order valence-corrected chi connectivity index (χ0v) is 18.0. The molecule has 4 bridgehead atoms. The van der Waals surface area contributed by atoms with Crippen LogP contribution in [0.3, 0.4) is 0 Å². The zero-order chi connectivity index (χ0) is 22.5. The van der Waals surface area contributed by atoms with Gasteiger partial charge in [-0.3, -0.25) is 4.68 Å². The molecule has 2 aromatic heterocycles. The number of amides is 2. The number of aryl methyl sites for hydroxylation is 2. The summed E-state index contributed by atoms with van der Waals surface area (Å²) in [6.45, 7) is 2.12. The van der Waals surface area contributed by atoms with E-state index in [0.29, 0.717) is 11.6 Å². The molecule has 0 unspecified atom stereocenters. The fraction of sp³-hybridized carbons (Fsp3) is 0.286. The second-order valence-corrected chi connectivity index (χ2v) is 9.37. The first kappa shape index (κ1) is 20.4. The quantitative estimate of drug-likeness (QED) is 0.536. The monoisotopic (exact) mass is 457 g/mol. The number of anilines is 1. The molecule has 0 spiro atoms. The summed E-state index contributed by atoms with van der Waals surface area (Å²) in [6.07, 6.45) is 5.10. The van der Waals surface area contributed by atoms with E-state index in [0.717, 1.165) is 58.0 Å². The molecule has 11 heteroatoms. The van der Waals surface area contributed by atoms with Crippen LogP contribution in [0.2, 0.25) is 0 Å². The molecule has 32 heavy (non-hydrogen) atoms. The molecule has 5 rings (SSSR count). The van der Waals surface area contributed by atoms with Gasteiger partial charge in [-0.1, -0.05) is 6.07 Å². The van der Waals surface area contributed by atoms with Gasteiger partial charge in [-0.05, 0) is 54.5 Å². The summed E-state index contributed by atoms with van der Waals surface area (Å²) >= 11 is 0. The summed E-state index contributed by atoms with van der Waals surface area (Å²) < 4.78 is 48.2. The van der Waals surface area contributed by atoms with Gasteiger partial charge in [0, 0.05) is 17.8 Å². The molecule has 2 N–H and O–H groups in total. The van der Waals surface area contributed by atoms with Crippen molar-refractivity contribution in [3.8, 4) is 17.0 Å². The van der Waals surface area contributed by atoms with Gasteiger partial charge >= 0.3 is 6.03 Å². The zero-order valence-electron chi connectivity index (χ0n) is 17.2. The van der Waals surface area contributed by atoms with E-state index in [1.54, 1.807) is 12.3 Å². The summed E-state index contributed by atoms with van der Waals surface area (Å²) in [5.41, 5.74) is 5.06. The lowest BCUT2D eigenvalue weighted by atomic mass is 9.93. The fourth-order valence-electron chi connectivity index (χ4n) is 4.28. The highest BCUT2D eigenvalue weighted by atomic mass is 32.2. The third-order valence-corrected chi connectivity index (χ3v) is 6.84. The van der Waals surface area contributed by atoms with Crippen LogP contribution in [0.5, 0.6) is 5.88 Å². The van der Waals surface area contributed by atoms with Gasteiger partial charge in [0.15, 0.2) is 5.82 Å². The SMILES string of the molecule is Cc1cc2c(c3c1-c1ccnc(c1)OCCn1cc(F)c(n1)S(=O)(=O)NC(=O)N3)CCC2. The molecule has 166 valence electrons. The van der Waals surface area contributed by atoms with Crippen LogP contribution in [0, 0.1) is 12.7 Å². The van der Waals surface area contributed by atoms with Crippen molar-refractivity contribution in [3.05, 3.63) is 53.1 Å². The average Bonchev–Trinajstić information content (AvgIpc) is 3.34. The molecule has 0 fully saturated rings. The third kappa shape index (κ3) is 3.58. The van der Waals surface area contributed by atoms with E-state index in [4.69, 9.17) is 4.74 Å². The lowest BCUT2D eigenvalue weighted by molar-refractivity contribution is 0.256. The van der Waals surface area contributed by atoms with Gasteiger partial charge < -0.3 is 10.1 Å². The van der Waals surface area contributed by atoms with Crippen molar-refractivity contribution >= 4 is 21.7 Å². The number of halogens is 1. The van der Waals surface area contributed by atoms with Crippen LogP contribution in [0.1, 0.15) is 23.1 Å². The van der Waals surface area contributed by atoms with Gasteiger partial charge in [0.05, 0.1) is 18.4 Å². The summed E-state index contributed by atoms with van der Waals surface area (Å²) in [5, 5.41) is 5.62. The number of hydrogen-bond donors (Lipinski definition) is 2. The first-order valence-corrected chi connectivity index (χ1v) is 11.6. The molecule has 0 saturated heterocycles. The maximum absolute atomic E-state index is 14.3. The van der Waals surface area contributed by atoms with Crippen LogP contribution in [0.25, 0.3) is 11.1 Å². The van der Waals surface area contributed by atoms with E-state index in [2.05, 4.69) is 21.5 Å². The summed E-state index contributed by atoms with van der Waals surface area (Å²) in [4.78, 5) is 17.0. The van der Waals surface area contributed by atoms with Gasteiger partial charge in [-0.25, -0.2) is 18.9 Å². The number of rotatable bonds is 0. The average molecular weight is 457 g/mol. The lowest BCUT2D eigenvalue weighted by Gasteiger charge is -2.19. The van der Waals surface area contributed by atoms with Crippen molar-refractivity contribution in [2.45, 2.75) is 37.8 Å². The second-order valence-electron chi connectivity index (χ2n) is 7.77. The normalized spacial score (nSPS) is 17.1. The molecule has 0 atom stereocenters. The first-order valence-electron chi connectivity index (χ1n) is 10.1. The number of nitrogens with one attached hydrogen (secondary N) is 2. The molecule has 1 aromatic carbocycles. The predicted octanol–water partition coefficient (Wildman–Crippen LogP) is 2.78.